The molecule has 0 heterocycles. The Morgan fingerprint density at radius 1 is 1.05 bits per heavy atom. The molecule has 2 rings (SSSR count). The second-order valence-corrected chi connectivity index (χ2v) is 6.36. The predicted molar refractivity (Wildman–Crippen MR) is 87.5 cm³/mol. The molecule has 2 aromatic rings. The van der Waals surface area contributed by atoms with E-state index in [9.17, 15) is 4.79 Å². The van der Waals surface area contributed by atoms with Gasteiger partial charge in [-0.15, -0.1) is 11.8 Å². The summed E-state index contributed by atoms with van der Waals surface area (Å²) in [6.45, 7) is 2.07. The van der Waals surface area contributed by atoms with E-state index in [0.717, 1.165) is 15.3 Å². The van der Waals surface area contributed by atoms with Crippen molar-refractivity contribution in [2.75, 3.05) is 0 Å². The highest BCUT2D eigenvalue weighted by molar-refractivity contribution is 8.23. The Morgan fingerprint density at radius 2 is 1.65 bits per heavy atom. The number of aromatic carboxylic acids is 1. The van der Waals surface area contributed by atoms with Gasteiger partial charge in [-0.25, -0.2) is 4.79 Å². The average molecular weight is 302 g/mol. The first-order valence-corrected chi connectivity index (χ1v) is 7.46. The lowest BCUT2D eigenvalue weighted by Crippen LogP contribution is -1.99. The van der Waals surface area contributed by atoms with Crippen molar-refractivity contribution in [3.8, 4) is 0 Å². The Morgan fingerprint density at radius 3 is 2.20 bits per heavy atom. The van der Waals surface area contributed by atoms with Crippen LogP contribution in [0.15, 0.2) is 54.6 Å². The normalized spacial score (nSPS) is 11.8. The van der Waals surface area contributed by atoms with Crippen LogP contribution in [-0.4, -0.2) is 15.3 Å². The molecule has 0 aliphatic rings. The lowest BCUT2D eigenvalue weighted by Gasteiger charge is -2.12. The van der Waals surface area contributed by atoms with Crippen molar-refractivity contribution < 1.29 is 9.90 Å². The lowest BCUT2D eigenvalue weighted by atomic mass is 10.1. The van der Waals surface area contributed by atoms with E-state index < -0.39 is 5.97 Å². The molecule has 2 aromatic carbocycles. The molecule has 0 amide bonds. The standard InChI is InChI=1S/C16H14O2S2/c1-11(12-7-9-13(10-8-12)15(17)18)20-16(19)14-5-3-2-4-6-14/h2-11H,1H3,(H,17,18). The highest BCUT2D eigenvalue weighted by atomic mass is 32.2. The van der Waals surface area contributed by atoms with E-state index in [1.807, 2.05) is 42.5 Å². The van der Waals surface area contributed by atoms with E-state index in [1.165, 1.54) is 0 Å². The third-order valence-electron chi connectivity index (χ3n) is 2.92. The largest absolute Gasteiger partial charge is 0.478 e. The Bertz CT molecular complexity index is 606. The SMILES string of the molecule is CC(SC(=S)c1ccccc1)c1ccc(C(=O)O)cc1. The number of carboxylic acids is 1. The lowest BCUT2D eigenvalue weighted by molar-refractivity contribution is 0.0697. The predicted octanol–water partition coefficient (Wildman–Crippen LogP) is 4.55. The maximum atomic E-state index is 10.8. The second kappa shape index (κ2) is 6.68. The van der Waals surface area contributed by atoms with E-state index in [2.05, 4.69) is 6.92 Å². The Labute approximate surface area is 127 Å². The number of thioether (sulfide) groups is 1. The van der Waals surface area contributed by atoms with Crippen molar-refractivity contribution in [1.82, 2.24) is 0 Å². The number of carboxylic acid groups (broad SMARTS) is 1. The smallest absolute Gasteiger partial charge is 0.335 e. The molecule has 0 aliphatic heterocycles. The summed E-state index contributed by atoms with van der Waals surface area (Å²) in [6.07, 6.45) is 0. The highest BCUT2D eigenvalue weighted by Gasteiger charge is 2.11. The summed E-state index contributed by atoms with van der Waals surface area (Å²) in [6, 6.07) is 16.8. The van der Waals surface area contributed by atoms with Crippen molar-refractivity contribution in [1.29, 1.82) is 0 Å². The summed E-state index contributed by atoms with van der Waals surface area (Å²) in [5.41, 5.74) is 2.41. The number of carbonyl (C=O) groups is 1. The number of benzene rings is 2. The molecule has 0 bridgehead atoms. The van der Waals surface area contributed by atoms with Crippen LogP contribution in [0.4, 0.5) is 0 Å². The molecular weight excluding hydrogens is 288 g/mol. The molecule has 0 spiro atoms. The third kappa shape index (κ3) is 3.68. The van der Waals surface area contributed by atoms with Gasteiger partial charge in [0, 0.05) is 5.25 Å². The Balaban J connectivity index is 2.06. The molecule has 0 aliphatic carbocycles. The first-order valence-electron chi connectivity index (χ1n) is 6.17. The zero-order valence-electron chi connectivity index (χ0n) is 10.9. The van der Waals surface area contributed by atoms with Gasteiger partial charge < -0.3 is 5.11 Å². The van der Waals surface area contributed by atoms with Gasteiger partial charge in [-0.3, -0.25) is 0 Å². The van der Waals surface area contributed by atoms with Gasteiger partial charge >= 0.3 is 5.97 Å². The second-order valence-electron chi connectivity index (χ2n) is 4.34. The fourth-order valence-electron chi connectivity index (χ4n) is 1.77. The quantitative estimate of drug-likeness (QED) is 0.840. The molecule has 20 heavy (non-hydrogen) atoms. The minimum atomic E-state index is -0.906. The van der Waals surface area contributed by atoms with E-state index in [4.69, 9.17) is 17.3 Å². The van der Waals surface area contributed by atoms with E-state index >= 15 is 0 Å². The van der Waals surface area contributed by atoms with Crippen LogP contribution < -0.4 is 0 Å². The Hall–Kier alpha value is -1.65. The average Bonchev–Trinajstić information content (AvgIpc) is 2.48. The van der Waals surface area contributed by atoms with Crippen molar-refractivity contribution in [2.45, 2.75) is 12.2 Å². The van der Waals surface area contributed by atoms with Gasteiger partial charge in [-0.05, 0) is 30.2 Å². The van der Waals surface area contributed by atoms with Crippen LogP contribution >= 0.6 is 24.0 Å². The summed E-state index contributed by atoms with van der Waals surface area (Å²) in [5, 5.41) is 9.07. The molecule has 1 unspecified atom stereocenters. The molecule has 0 fully saturated rings. The van der Waals surface area contributed by atoms with Crippen LogP contribution in [0.2, 0.25) is 0 Å². The summed E-state index contributed by atoms with van der Waals surface area (Å²) >= 11 is 7.04. The van der Waals surface area contributed by atoms with Crippen LogP contribution in [0.5, 0.6) is 0 Å². The molecule has 0 aromatic heterocycles. The van der Waals surface area contributed by atoms with Gasteiger partial charge in [0.15, 0.2) is 0 Å². The molecule has 1 atom stereocenters. The highest BCUT2D eigenvalue weighted by Crippen LogP contribution is 2.31. The van der Waals surface area contributed by atoms with Crippen LogP contribution in [0.25, 0.3) is 0 Å². The van der Waals surface area contributed by atoms with Gasteiger partial charge in [0.2, 0.25) is 0 Å². The van der Waals surface area contributed by atoms with Crippen LogP contribution in [0, 0.1) is 0 Å². The molecule has 0 radical (unpaired) electrons. The maximum Gasteiger partial charge on any atom is 0.335 e. The number of rotatable bonds is 4. The van der Waals surface area contributed by atoms with Gasteiger partial charge in [0.05, 0.1) is 9.76 Å². The summed E-state index contributed by atoms with van der Waals surface area (Å²) in [7, 11) is 0. The fraction of sp³-hybridized carbons (Fsp3) is 0.125. The summed E-state index contributed by atoms with van der Waals surface area (Å²) in [4.78, 5) is 10.8. The van der Waals surface area contributed by atoms with Crippen LogP contribution in [-0.2, 0) is 0 Å². The molecule has 0 saturated heterocycles. The molecular formula is C16H14O2S2. The van der Waals surface area contributed by atoms with E-state index in [0.29, 0.717) is 5.56 Å². The molecule has 4 heteroatoms. The number of hydrogen-bond acceptors (Lipinski definition) is 3. The van der Waals surface area contributed by atoms with Crippen LogP contribution in [0.1, 0.15) is 33.7 Å². The Kier molecular flexibility index (Phi) is 4.93. The van der Waals surface area contributed by atoms with Gasteiger partial charge in [0.25, 0.3) is 0 Å². The molecule has 102 valence electrons. The molecule has 0 saturated carbocycles. The molecule has 2 nitrogen and oxygen atoms in total. The van der Waals surface area contributed by atoms with E-state index in [-0.39, 0.29) is 5.25 Å². The maximum absolute atomic E-state index is 10.8. The van der Waals surface area contributed by atoms with Crippen molar-refractivity contribution in [3.05, 3.63) is 71.3 Å². The zero-order valence-corrected chi connectivity index (χ0v) is 12.6. The van der Waals surface area contributed by atoms with Crippen molar-refractivity contribution >= 4 is 34.1 Å². The monoisotopic (exact) mass is 302 g/mol. The molecule has 1 N–H and O–H groups in total. The number of thiocarbonyl (C=S) groups is 1. The van der Waals surface area contributed by atoms with Gasteiger partial charge in [0.1, 0.15) is 0 Å². The van der Waals surface area contributed by atoms with Crippen molar-refractivity contribution in [2.24, 2.45) is 0 Å². The fourth-order valence-corrected chi connectivity index (χ4v) is 3.22. The number of hydrogen-bond donors (Lipinski definition) is 1. The van der Waals surface area contributed by atoms with Crippen molar-refractivity contribution in [3.63, 3.8) is 0 Å². The summed E-state index contributed by atoms with van der Waals surface area (Å²) in [5.74, 6) is -0.906. The first-order chi connectivity index (χ1) is 9.58. The zero-order chi connectivity index (χ0) is 14.5. The first kappa shape index (κ1) is 14.8. The minimum Gasteiger partial charge on any atom is -0.478 e. The minimum absolute atomic E-state index is 0.186. The van der Waals surface area contributed by atoms with Crippen LogP contribution in [0.3, 0.4) is 0 Å². The third-order valence-corrected chi connectivity index (χ3v) is 4.52. The van der Waals surface area contributed by atoms with Gasteiger partial charge in [-0.1, -0.05) is 54.7 Å². The summed E-state index contributed by atoms with van der Waals surface area (Å²) < 4.78 is 0.848. The van der Waals surface area contributed by atoms with E-state index in [1.54, 1.807) is 23.9 Å². The topological polar surface area (TPSA) is 37.3 Å². The van der Waals surface area contributed by atoms with Gasteiger partial charge in [-0.2, -0.15) is 0 Å².